The fourth-order valence-electron chi connectivity index (χ4n) is 1.07. The van der Waals surface area contributed by atoms with Gasteiger partial charge in [0.25, 0.3) is 0 Å². The first-order valence-electron chi connectivity index (χ1n) is 5.24. The number of rotatable bonds is 9. The number of aliphatic hydroxyl groups is 2. The topological polar surface area (TPSA) is 52.5 Å². The van der Waals surface area contributed by atoms with Gasteiger partial charge in [-0.1, -0.05) is 6.42 Å². The van der Waals surface area contributed by atoms with Crippen LogP contribution in [0.1, 0.15) is 26.2 Å². The zero-order valence-corrected chi connectivity index (χ0v) is 10.0. The van der Waals surface area contributed by atoms with Gasteiger partial charge in [-0.15, -0.1) is 0 Å². The van der Waals surface area contributed by atoms with Crippen LogP contribution in [-0.2, 0) is 0 Å². The lowest BCUT2D eigenvalue weighted by Gasteiger charge is -2.09. The minimum atomic E-state index is -0.545. The van der Waals surface area contributed by atoms with E-state index in [0.29, 0.717) is 11.8 Å². The molecule has 0 amide bonds. The van der Waals surface area contributed by atoms with Crippen LogP contribution in [0.25, 0.3) is 0 Å². The summed E-state index contributed by atoms with van der Waals surface area (Å²) in [5.74, 6) is 1.73. The number of aliphatic hydroxyl groups excluding tert-OH is 2. The van der Waals surface area contributed by atoms with Gasteiger partial charge < -0.3 is 15.5 Å². The summed E-state index contributed by atoms with van der Waals surface area (Å²) >= 11 is 1.71. The van der Waals surface area contributed by atoms with Gasteiger partial charge >= 0.3 is 0 Å². The van der Waals surface area contributed by atoms with E-state index in [1.807, 2.05) is 7.05 Å². The van der Waals surface area contributed by atoms with E-state index in [9.17, 15) is 0 Å². The minimum absolute atomic E-state index is 0.121. The Bertz CT molecular complexity index is 111. The van der Waals surface area contributed by atoms with Crippen LogP contribution >= 0.6 is 11.8 Å². The Morgan fingerprint density at radius 2 is 2.07 bits per heavy atom. The van der Waals surface area contributed by atoms with Crippen molar-refractivity contribution in [1.29, 1.82) is 0 Å². The molecule has 3 nitrogen and oxygen atoms in total. The number of thioether (sulfide) groups is 1. The molecule has 0 saturated carbocycles. The van der Waals surface area contributed by atoms with Crippen LogP contribution in [0.3, 0.4) is 0 Å². The standard InChI is InChI=1S/C10H23NO2S/c1-9(11-2)5-3-4-6-14-8-10(13)7-12/h9-13H,3-8H2,1-2H3. The second-order valence-corrected chi connectivity index (χ2v) is 4.75. The molecule has 0 fully saturated rings. The molecular formula is C10H23NO2S. The van der Waals surface area contributed by atoms with E-state index in [1.165, 1.54) is 19.3 Å². The highest BCUT2D eigenvalue weighted by Crippen LogP contribution is 2.08. The van der Waals surface area contributed by atoms with Crippen molar-refractivity contribution in [2.75, 3.05) is 25.2 Å². The van der Waals surface area contributed by atoms with Gasteiger partial charge in [-0.05, 0) is 32.6 Å². The fourth-order valence-corrected chi connectivity index (χ4v) is 2.02. The van der Waals surface area contributed by atoms with Crippen molar-refractivity contribution in [3.63, 3.8) is 0 Å². The molecular weight excluding hydrogens is 198 g/mol. The normalized spacial score (nSPS) is 15.4. The molecule has 2 unspecified atom stereocenters. The third kappa shape index (κ3) is 8.81. The zero-order chi connectivity index (χ0) is 10.8. The first kappa shape index (κ1) is 14.2. The molecule has 0 saturated heterocycles. The average Bonchev–Trinajstić information content (AvgIpc) is 2.22. The predicted octanol–water partition coefficient (Wildman–Crippen LogP) is 0.851. The van der Waals surface area contributed by atoms with Crippen LogP contribution < -0.4 is 5.32 Å². The Hall–Kier alpha value is 0.230. The minimum Gasteiger partial charge on any atom is -0.394 e. The number of nitrogens with one attached hydrogen (secondary N) is 1. The van der Waals surface area contributed by atoms with Gasteiger partial charge in [-0.25, -0.2) is 0 Å². The molecule has 0 aromatic rings. The van der Waals surface area contributed by atoms with Crippen molar-refractivity contribution in [2.24, 2.45) is 0 Å². The molecule has 0 aliphatic carbocycles. The number of hydrogen-bond donors (Lipinski definition) is 3. The molecule has 14 heavy (non-hydrogen) atoms. The fraction of sp³-hybridized carbons (Fsp3) is 1.00. The van der Waals surface area contributed by atoms with Gasteiger partial charge in [-0.3, -0.25) is 0 Å². The molecule has 0 aliphatic heterocycles. The molecule has 2 atom stereocenters. The summed E-state index contributed by atoms with van der Waals surface area (Å²) in [4.78, 5) is 0. The highest BCUT2D eigenvalue weighted by Gasteiger charge is 2.01. The Balaban J connectivity index is 3.06. The first-order chi connectivity index (χ1) is 6.70. The second kappa shape index (κ2) is 9.77. The Morgan fingerprint density at radius 1 is 1.36 bits per heavy atom. The Labute approximate surface area is 91.3 Å². The molecule has 0 bridgehead atoms. The van der Waals surface area contributed by atoms with E-state index in [1.54, 1.807) is 11.8 Å². The Kier molecular flexibility index (Phi) is 9.93. The van der Waals surface area contributed by atoms with Crippen LogP contribution in [0.5, 0.6) is 0 Å². The number of hydrogen-bond acceptors (Lipinski definition) is 4. The summed E-state index contributed by atoms with van der Waals surface area (Å²) in [6.07, 6.45) is 3.08. The molecule has 0 rings (SSSR count). The van der Waals surface area contributed by atoms with Gasteiger partial charge in [0.2, 0.25) is 0 Å². The summed E-state index contributed by atoms with van der Waals surface area (Å²) in [6.45, 7) is 2.06. The second-order valence-electron chi connectivity index (χ2n) is 3.60. The lowest BCUT2D eigenvalue weighted by Crippen LogP contribution is -2.20. The van der Waals surface area contributed by atoms with E-state index in [0.717, 1.165) is 5.75 Å². The van der Waals surface area contributed by atoms with E-state index in [2.05, 4.69) is 12.2 Å². The molecule has 0 aromatic carbocycles. The van der Waals surface area contributed by atoms with Gasteiger partial charge in [0.05, 0.1) is 12.7 Å². The van der Waals surface area contributed by atoms with Crippen LogP contribution in [0, 0.1) is 0 Å². The molecule has 4 heteroatoms. The largest absolute Gasteiger partial charge is 0.394 e. The highest BCUT2D eigenvalue weighted by atomic mass is 32.2. The summed E-state index contributed by atoms with van der Waals surface area (Å²) in [7, 11) is 1.98. The maximum absolute atomic E-state index is 9.06. The van der Waals surface area contributed by atoms with Crippen LogP contribution in [-0.4, -0.2) is 47.5 Å². The molecule has 0 aliphatic rings. The van der Waals surface area contributed by atoms with E-state index < -0.39 is 6.10 Å². The van der Waals surface area contributed by atoms with Gasteiger partial charge in [0.15, 0.2) is 0 Å². The SMILES string of the molecule is CNC(C)CCCCSCC(O)CO. The molecule has 3 N–H and O–H groups in total. The van der Waals surface area contributed by atoms with Crippen molar-refractivity contribution in [3.8, 4) is 0 Å². The van der Waals surface area contributed by atoms with Crippen molar-refractivity contribution in [1.82, 2.24) is 5.32 Å². The summed E-state index contributed by atoms with van der Waals surface area (Å²) in [6, 6.07) is 0.600. The van der Waals surface area contributed by atoms with Crippen molar-refractivity contribution in [2.45, 2.75) is 38.3 Å². The molecule has 0 radical (unpaired) electrons. The molecule has 0 aromatic heterocycles. The Morgan fingerprint density at radius 3 is 2.64 bits per heavy atom. The lowest BCUT2D eigenvalue weighted by molar-refractivity contribution is 0.113. The number of unbranched alkanes of at least 4 members (excludes halogenated alkanes) is 1. The van der Waals surface area contributed by atoms with Gasteiger partial charge in [0, 0.05) is 11.8 Å². The smallest absolute Gasteiger partial charge is 0.0861 e. The van der Waals surface area contributed by atoms with Crippen LogP contribution in [0.2, 0.25) is 0 Å². The summed E-state index contributed by atoms with van der Waals surface area (Å²) < 4.78 is 0. The van der Waals surface area contributed by atoms with E-state index in [-0.39, 0.29) is 6.61 Å². The third-order valence-corrected chi connectivity index (χ3v) is 3.39. The van der Waals surface area contributed by atoms with Gasteiger partial charge in [0.1, 0.15) is 0 Å². The maximum Gasteiger partial charge on any atom is 0.0861 e. The molecule has 0 spiro atoms. The highest BCUT2D eigenvalue weighted by molar-refractivity contribution is 7.99. The van der Waals surface area contributed by atoms with Crippen molar-refractivity contribution >= 4 is 11.8 Å². The van der Waals surface area contributed by atoms with Crippen LogP contribution in [0.4, 0.5) is 0 Å². The van der Waals surface area contributed by atoms with Crippen molar-refractivity contribution < 1.29 is 10.2 Å². The lowest BCUT2D eigenvalue weighted by atomic mass is 10.1. The molecule has 86 valence electrons. The van der Waals surface area contributed by atoms with Gasteiger partial charge in [-0.2, -0.15) is 11.8 Å². The quantitative estimate of drug-likeness (QED) is 0.505. The van der Waals surface area contributed by atoms with Crippen molar-refractivity contribution in [3.05, 3.63) is 0 Å². The zero-order valence-electron chi connectivity index (χ0n) is 9.20. The monoisotopic (exact) mass is 221 g/mol. The first-order valence-corrected chi connectivity index (χ1v) is 6.40. The third-order valence-electron chi connectivity index (χ3n) is 2.19. The average molecular weight is 221 g/mol. The van der Waals surface area contributed by atoms with Crippen LogP contribution in [0.15, 0.2) is 0 Å². The summed E-state index contributed by atoms with van der Waals surface area (Å²) in [5, 5.41) is 20.8. The molecule has 0 heterocycles. The summed E-state index contributed by atoms with van der Waals surface area (Å²) in [5.41, 5.74) is 0. The van der Waals surface area contributed by atoms with E-state index in [4.69, 9.17) is 10.2 Å². The van der Waals surface area contributed by atoms with E-state index >= 15 is 0 Å². The predicted molar refractivity (Wildman–Crippen MR) is 62.8 cm³/mol. The maximum atomic E-state index is 9.06.